The molecule has 130 valence electrons. The number of fused-ring (bicyclic) bond motifs is 1. The van der Waals surface area contributed by atoms with Gasteiger partial charge in [-0.05, 0) is 18.9 Å². The quantitative estimate of drug-likeness (QED) is 0.764. The van der Waals surface area contributed by atoms with E-state index in [-0.39, 0.29) is 23.5 Å². The summed E-state index contributed by atoms with van der Waals surface area (Å²) < 4.78 is 7.75. The van der Waals surface area contributed by atoms with Gasteiger partial charge in [-0.1, -0.05) is 27.2 Å². The number of imidazole rings is 1. The number of carbonyl (C=O) groups is 1. The van der Waals surface area contributed by atoms with Gasteiger partial charge in [-0.15, -0.1) is 0 Å². The first-order valence-corrected chi connectivity index (χ1v) is 8.63. The van der Waals surface area contributed by atoms with Gasteiger partial charge in [0.1, 0.15) is 5.69 Å². The summed E-state index contributed by atoms with van der Waals surface area (Å²) in [5.41, 5.74) is 0.387. The first kappa shape index (κ1) is 16.9. The van der Waals surface area contributed by atoms with Gasteiger partial charge >= 0.3 is 0 Å². The van der Waals surface area contributed by atoms with Crippen LogP contribution in [-0.2, 0) is 4.74 Å². The highest BCUT2D eigenvalue weighted by molar-refractivity contribution is 5.93. The molecule has 1 amide bonds. The van der Waals surface area contributed by atoms with Crippen molar-refractivity contribution in [3.63, 3.8) is 0 Å². The minimum atomic E-state index is -0.0643. The number of nitrogens with zero attached hydrogens (tertiary/aromatic N) is 4. The molecule has 0 unspecified atom stereocenters. The van der Waals surface area contributed by atoms with Crippen LogP contribution in [0.3, 0.4) is 0 Å². The van der Waals surface area contributed by atoms with Gasteiger partial charge in [0.25, 0.3) is 5.91 Å². The van der Waals surface area contributed by atoms with E-state index < -0.39 is 0 Å². The molecule has 2 atom stereocenters. The maximum absolute atomic E-state index is 12.8. The lowest BCUT2D eigenvalue weighted by atomic mass is 9.63. The Kier molecular flexibility index (Phi) is 4.58. The van der Waals surface area contributed by atoms with E-state index in [9.17, 15) is 4.79 Å². The van der Waals surface area contributed by atoms with E-state index in [1.165, 1.54) is 0 Å². The third kappa shape index (κ3) is 2.90. The van der Waals surface area contributed by atoms with Gasteiger partial charge < -0.3 is 9.64 Å². The predicted octanol–water partition coefficient (Wildman–Crippen LogP) is 2.79. The lowest BCUT2D eigenvalue weighted by Crippen LogP contribution is -2.62. The van der Waals surface area contributed by atoms with Crippen molar-refractivity contribution in [2.75, 3.05) is 13.7 Å². The van der Waals surface area contributed by atoms with E-state index in [0.717, 1.165) is 25.9 Å². The molecule has 0 aromatic carbocycles. The molecule has 2 heterocycles. The van der Waals surface area contributed by atoms with Crippen LogP contribution in [0.15, 0.2) is 24.7 Å². The van der Waals surface area contributed by atoms with Crippen LogP contribution in [0.4, 0.5) is 0 Å². The van der Waals surface area contributed by atoms with E-state index in [2.05, 4.69) is 30.7 Å². The number of unbranched alkanes of at least 4 members (excludes halogenated alkanes) is 1. The SMILES string of the molecule is CCCCO[C@@H]1C[C@@H](N(C)C(=O)c2cn3cccnc3n2)C1(C)C. The largest absolute Gasteiger partial charge is 0.378 e. The number of carbonyl (C=O) groups excluding carboxylic acids is 1. The maximum atomic E-state index is 12.8. The average molecular weight is 330 g/mol. The summed E-state index contributed by atoms with van der Waals surface area (Å²) in [4.78, 5) is 23.1. The Morgan fingerprint density at radius 1 is 1.50 bits per heavy atom. The average Bonchev–Trinajstić information content (AvgIpc) is 3.00. The highest BCUT2D eigenvalue weighted by atomic mass is 16.5. The van der Waals surface area contributed by atoms with Gasteiger partial charge in [0.2, 0.25) is 5.78 Å². The van der Waals surface area contributed by atoms with Crippen molar-refractivity contribution >= 4 is 11.7 Å². The lowest BCUT2D eigenvalue weighted by molar-refractivity contribution is -0.140. The number of hydrogen-bond acceptors (Lipinski definition) is 4. The summed E-state index contributed by atoms with van der Waals surface area (Å²) in [6.45, 7) is 7.31. The van der Waals surface area contributed by atoms with Gasteiger partial charge in [0, 0.05) is 43.7 Å². The molecule has 24 heavy (non-hydrogen) atoms. The summed E-state index contributed by atoms with van der Waals surface area (Å²) in [6.07, 6.45) is 8.57. The molecule has 1 aliphatic carbocycles. The Labute approximate surface area is 142 Å². The molecule has 3 rings (SSSR count). The van der Waals surface area contributed by atoms with E-state index in [4.69, 9.17) is 4.74 Å². The van der Waals surface area contributed by atoms with Crippen molar-refractivity contribution in [1.82, 2.24) is 19.3 Å². The molecule has 1 aliphatic rings. The Hall–Kier alpha value is -1.95. The first-order chi connectivity index (χ1) is 11.4. The van der Waals surface area contributed by atoms with Crippen LogP contribution in [0, 0.1) is 5.41 Å². The van der Waals surface area contributed by atoms with Crippen LogP contribution in [0.25, 0.3) is 5.78 Å². The Bertz CT molecular complexity index is 692. The van der Waals surface area contributed by atoms with E-state index in [1.807, 2.05) is 19.3 Å². The van der Waals surface area contributed by atoms with Gasteiger partial charge in [0.15, 0.2) is 0 Å². The zero-order chi connectivity index (χ0) is 17.3. The Balaban J connectivity index is 1.68. The number of rotatable bonds is 6. The molecular weight excluding hydrogens is 304 g/mol. The molecule has 0 radical (unpaired) electrons. The second kappa shape index (κ2) is 6.51. The van der Waals surface area contributed by atoms with Crippen molar-refractivity contribution in [1.29, 1.82) is 0 Å². The fraction of sp³-hybridized carbons (Fsp3) is 0.611. The minimum Gasteiger partial charge on any atom is -0.378 e. The number of hydrogen-bond donors (Lipinski definition) is 0. The van der Waals surface area contributed by atoms with Crippen LogP contribution in [-0.4, -0.2) is 51.0 Å². The van der Waals surface area contributed by atoms with Crippen LogP contribution in [0.5, 0.6) is 0 Å². The molecule has 0 saturated heterocycles. The predicted molar refractivity (Wildman–Crippen MR) is 91.9 cm³/mol. The standard InChI is InChI=1S/C18H26N4O2/c1-5-6-10-24-15-11-14(18(15,2)3)21(4)16(23)13-12-22-9-7-8-19-17(22)20-13/h7-9,12,14-15H,5-6,10-11H2,1-4H3/t14-,15-/m1/s1. The molecule has 0 N–H and O–H groups in total. The minimum absolute atomic E-state index is 0.0461. The van der Waals surface area contributed by atoms with Gasteiger partial charge in [0.05, 0.1) is 6.10 Å². The van der Waals surface area contributed by atoms with Crippen LogP contribution >= 0.6 is 0 Å². The maximum Gasteiger partial charge on any atom is 0.274 e. The molecule has 1 fully saturated rings. The van der Waals surface area contributed by atoms with Crippen molar-refractivity contribution in [2.24, 2.45) is 5.41 Å². The molecule has 6 nitrogen and oxygen atoms in total. The van der Waals surface area contributed by atoms with Gasteiger partial charge in [-0.3, -0.25) is 9.20 Å². The third-order valence-electron chi connectivity index (χ3n) is 5.19. The van der Waals surface area contributed by atoms with Crippen molar-refractivity contribution in [3.05, 3.63) is 30.4 Å². The number of aromatic nitrogens is 3. The summed E-state index contributed by atoms with van der Waals surface area (Å²) in [6, 6.07) is 1.98. The zero-order valence-electron chi connectivity index (χ0n) is 14.9. The Morgan fingerprint density at radius 3 is 2.96 bits per heavy atom. The normalized spacial score (nSPS) is 22.3. The van der Waals surface area contributed by atoms with Gasteiger partial charge in [-0.2, -0.15) is 0 Å². The lowest BCUT2D eigenvalue weighted by Gasteiger charge is -2.54. The van der Waals surface area contributed by atoms with E-state index in [0.29, 0.717) is 11.5 Å². The van der Waals surface area contributed by atoms with Crippen molar-refractivity contribution in [3.8, 4) is 0 Å². The molecule has 1 saturated carbocycles. The van der Waals surface area contributed by atoms with Crippen LogP contribution < -0.4 is 0 Å². The highest BCUT2D eigenvalue weighted by Gasteiger charge is 2.52. The molecule has 0 bridgehead atoms. The summed E-state index contributed by atoms with van der Waals surface area (Å²) in [7, 11) is 1.86. The highest BCUT2D eigenvalue weighted by Crippen LogP contribution is 2.45. The molecular formula is C18H26N4O2. The second-order valence-corrected chi connectivity index (χ2v) is 7.16. The van der Waals surface area contributed by atoms with Crippen molar-refractivity contribution < 1.29 is 9.53 Å². The van der Waals surface area contributed by atoms with E-state index >= 15 is 0 Å². The fourth-order valence-electron chi connectivity index (χ4n) is 3.43. The van der Waals surface area contributed by atoms with Gasteiger partial charge in [-0.25, -0.2) is 9.97 Å². The monoisotopic (exact) mass is 330 g/mol. The summed E-state index contributed by atoms with van der Waals surface area (Å²) >= 11 is 0. The van der Waals surface area contributed by atoms with Crippen molar-refractivity contribution in [2.45, 2.75) is 52.2 Å². The number of amides is 1. The third-order valence-corrected chi connectivity index (χ3v) is 5.19. The Morgan fingerprint density at radius 2 is 2.29 bits per heavy atom. The molecule has 2 aromatic rings. The van der Waals surface area contributed by atoms with E-state index in [1.54, 1.807) is 21.7 Å². The smallest absolute Gasteiger partial charge is 0.274 e. The molecule has 0 spiro atoms. The fourth-order valence-corrected chi connectivity index (χ4v) is 3.43. The number of ether oxygens (including phenoxy) is 1. The van der Waals surface area contributed by atoms with Crippen LogP contribution in [0.2, 0.25) is 0 Å². The summed E-state index contributed by atoms with van der Waals surface area (Å²) in [5.74, 6) is 0.480. The molecule has 2 aromatic heterocycles. The topological polar surface area (TPSA) is 59.7 Å². The summed E-state index contributed by atoms with van der Waals surface area (Å²) in [5, 5.41) is 0. The van der Waals surface area contributed by atoms with Crippen LogP contribution in [0.1, 0.15) is 50.5 Å². The molecule has 6 heteroatoms. The first-order valence-electron chi connectivity index (χ1n) is 8.63. The second-order valence-electron chi connectivity index (χ2n) is 7.16. The molecule has 0 aliphatic heterocycles. The zero-order valence-corrected chi connectivity index (χ0v) is 14.9.